The van der Waals surface area contributed by atoms with Gasteiger partial charge in [-0.25, -0.2) is 0 Å². The van der Waals surface area contributed by atoms with Crippen LogP contribution >= 0.6 is 0 Å². The van der Waals surface area contributed by atoms with Crippen molar-refractivity contribution in [1.29, 1.82) is 5.26 Å². The first-order valence-electron chi connectivity index (χ1n) is 6.56. The minimum Gasteiger partial charge on any atom is -0.383 e. The second-order valence-corrected chi connectivity index (χ2v) is 4.93. The molecule has 0 saturated heterocycles. The topological polar surface area (TPSA) is 65.4 Å². The summed E-state index contributed by atoms with van der Waals surface area (Å²) in [5.41, 5.74) is 0. The zero-order valence-electron chi connectivity index (χ0n) is 11.3. The van der Waals surface area contributed by atoms with E-state index in [0.29, 0.717) is 25.7 Å². The van der Waals surface area contributed by atoms with Crippen molar-refractivity contribution in [3.63, 3.8) is 0 Å². The van der Waals surface area contributed by atoms with Crippen LogP contribution in [0.3, 0.4) is 0 Å². The van der Waals surface area contributed by atoms with E-state index in [-0.39, 0.29) is 11.9 Å². The number of nitriles is 1. The van der Waals surface area contributed by atoms with Gasteiger partial charge in [-0.2, -0.15) is 5.26 Å². The Hall–Kier alpha value is -1.12. The molecule has 0 aromatic carbocycles. The third-order valence-electron chi connectivity index (χ3n) is 3.29. The number of carbonyl (C=O) groups is 1. The van der Waals surface area contributed by atoms with Crippen molar-refractivity contribution in [3.8, 4) is 6.07 Å². The van der Waals surface area contributed by atoms with E-state index in [1.54, 1.807) is 7.11 Å². The molecule has 102 valence electrons. The minimum absolute atomic E-state index is 0.00927. The van der Waals surface area contributed by atoms with Gasteiger partial charge >= 0.3 is 0 Å². The monoisotopic (exact) mass is 253 g/mol. The number of rotatable bonds is 7. The average molecular weight is 253 g/mol. The Bertz CT molecular complexity index is 295. The number of ether oxygens (including phenoxy) is 1. The van der Waals surface area contributed by atoms with Crippen LogP contribution in [-0.2, 0) is 9.53 Å². The SMILES string of the molecule is COCC(C)NC(=O)CN(CC#N)C1CCCC1. The number of methoxy groups -OCH3 is 1. The Morgan fingerprint density at radius 2 is 2.22 bits per heavy atom. The molecule has 18 heavy (non-hydrogen) atoms. The summed E-state index contributed by atoms with van der Waals surface area (Å²) >= 11 is 0. The molecule has 5 nitrogen and oxygen atoms in total. The number of carbonyl (C=O) groups excluding carboxylic acids is 1. The van der Waals surface area contributed by atoms with E-state index in [1.165, 1.54) is 12.8 Å². The molecule has 1 amide bonds. The summed E-state index contributed by atoms with van der Waals surface area (Å²) in [7, 11) is 1.61. The predicted molar refractivity (Wildman–Crippen MR) is 68.9 cm³/mol. The van der Waals surface area contributed by atoms with Crippen LogP contribution in [0, 0.1) is 11.3 Å². The third-order valence-corrected chi connectivity index (χ3v) is 3.29. The first-order chi connectivity index (χ1) is 8.67. The van der Waals surface area contributed by atoms with E-state index in [1.807, 2.05) is 11.8 Å². The van der Waals surface area contributed by atoms with Crippen molar-refractivity contribution in [1.82, 2.24) is 10.2 Å². The minimum atomic E-state index is -0.0262. The molecule has 1 aliphatic rings. The largest absolute Gasteiger partial charge is 0.383 e. The molecule has 1 rings (SSSR count). The van der Waals surface area contributed by atoms with E-state index in [0.717, 1.165) is 12.8 Å². The van der Waals surface area contributed by atoms with Gasteiger partial charge in [-0.1, -0.05) is 12.8 Å². The molecule has 1 unspecified atom stereocenters. The fraction of sp³-hybridized carbons (Fsp3) is 0.846. The van der Waals surface area contributed by atoms with Gasteiger partial charge in [0.2, 0.25) is 5.91 Å². The van der Waals surface area contributed by atoms with Gasteiger partial charge in [0.15, 0.2) is 0 Å². The third kappa shape index (κ3) is 5.03. The summed E-state index contributed by atoms with van der Waals surface area (Å²) in [5, 5.41) is 11.7. The quantitative estimate of drug-likeness (QED) is 0.685. The summed E-state index contributed by atoms with van der Waals surface area (Å²) in [6, 6.07) is 2.56. The van der Waals surface area contributed by atoms with Crippen molar-refractivity contribution < 1.29 is 9.53 Å². The highest BCUT2D eigenvalue weighted by Crippen LogP contribution is 2.22. The van der Waals surface area contributed by atoms with Crippen molar-refractivity contribution >= 4 is 5.91 Å². The lowest BCUT2D eigenvalue weighted by Gasteiger charge is -2.26. The lowest BCUT2D eigenvalue weighted by molar-refractivity contribution is -0.123. The van der Waals surface area contributed by atoms with Crippen molar-refractivity contribution in [3.05, 3.63) is 0 Å². The number of amides is 1. The molecular weight excluding hydrogens is 230 g/mol. The summed E-state index contributed by atoms with van der Waals surface area (Å²) in [4.78, 5) is 13.8. The maximum absolute atomic E-state index is 11.9. The number of hydrogen-bond acceptors (Lipinski definition) is 4. The van der Waals surface area contributed by atoms with Crippen LogP contribution in [0.4, 0.5) is 0 Å². The highest BCUT2D eigenvalue weighted by atomic mass is 16.5. The molecule has 0 aliphatic heterocycles. The molecule has 0 heterocycles. The molecule has 0 bridgehead atoms. The Kier molecular flexibility index (Phi) is 6.69. The zero-order chi connectivity index (χ0) is 13.4. The van der Waals surface area contributed by atoms with Gasteiger partial charge in [-0.05, 0) is 19.8 Å². The lowest BCUT2D eigenvalue weighted by Crippen LogP contribution is -2.45. The molecule has 0 spiro atoms. The predicted octanol–water partition coefficient (Wildman–Crippen LogP) is 0.906. The first kappa shape index (κ1) is 14.9. The fourth-order valence-electron chi connectivity index (χ4n) is 2.47. The summed E-state index contributed by atoms with van der Waals surface area (Å²) < 4.78 is 4.98. The summed E-state index contributed by atoms with van der Waals surface area (Å²) in [5.74, 6) is -0.0262. The van der Waals surface area contributed by atoms with Crippen molar-refractivity contribution in [2.24, 2.45) is 0 Å². The van der Waals surface area contributed by atoms with Gasteiger partial charge in [0.05, 0.1) is 25.8 Å². The second kappa shape index (κ2) is 8.06. The highest BCUT2D eigenvalue weighted by molar-refractivity contribution is 5.78. The fourth-order valence-corrected chi connectivity index (χ4v) is 2.47. The van der Waals surface area contributed by atoms with E-state index in [9.17, 15) is 4.79 Å². The van der Waals surface area contributed by atoms with Crippen LogP contribution in [0.2, 0.25) is 0 Å². The van der Waals surface area contributed by atoms with E-state index in [2.05, 4.69) is 11.4 Å². The zero-order valence-corrected chi connectivity index (χ0v) is 11.3. The van der Waals surface area contributed by atoms with Gasteiger partial charge in [-0.15, -0.1) is 0 Å². The van der Waals surface area contributed by atoms with Gasteiger partial charge in [-0.3, -0.25) is 9.69 Å². The van der Waals surface area contributed by atoms with Crippen molar-refractivity contribution in [2.45, 2.75) is 44.7 Å². The highest BCUT2D eigenvalue weighted by Gasteiger charge is 2.24. The molecule has 1 atom stereocenters. The first-order valence-corrected chi connectivity index (χ1v) is 6.56. The van der Waals surface area contributed by atoms with Crippen LogP contribution in [0.1, 0.15) is 32.6 Å². The molecule has 0 aromatic rings. The van der Waals surface area contributed by atoms with Gasteiger partial charge in [0.1, 0.15) is 0 Å². The lowest BCUT2D eigenvalue weighted by atomic mass is 10.2. The molecule has 1 saturated carbocycles. The Labute approximate surface area is 109 Å². The molecule has 0 radical (unpaired) electrons. The maximum atomic E-state index is 11.9. The normalized spacial score (nSPS) is 17.7. The van der Waals surface area contributed by atoms with Gasteiger partial charge in [0, 0.05) is 19.2 Å². The smallest absolute Gasteiger partial charge is 0.234 e. The molecule has 5 heteroatoms. The number of nitrogens with zero attached hydrogens (tertiary/aromatic N) is 2. The molecule has 1 aliphatic carbocycles. The Morgan fingerprint density at radius 3 is 2.78 bits per heavy atom. The van der Waals surface area contributed by atoms with E-state index >= 15 is 0 Å². The molecule has 1 fully saturated rings. The summed E-state index contributed by atoms with van der Waals surface area (Å²) in [6.07, 6.45) is 4.60. The molecular formula is C13H23N3O2. The van der Waals surface area contributed by atoms with Crippen LogP contribution < -0.4 is 5.32 Å². The molecule has 1 N–H and O–H groups in total. The average Bonchev–Trinajstić information content (AvgIpc) is 2.81. The number of hydrogen-bond donors (Lipinski definition) is 1. The maximum Gasteiger partial charge on any atom is 0.234 e. The van der Waals surface area contributed by atoms with Crippen LogP contribution in [-0.4, -0.2) is 49.7 Å². The van der Waals surface area contributed by atoms with Crippen molar-refractivity contribution in [2.75, 3.05) is 26.8 Å². The van der Waals surface area contributed by atoms with Crippen LogP contribution in [0.25, 0.3) is 0 Å². The molecule has 0 aromatic heterocycles. The standard InChI is InChI=1S/C13H23N3O2/c1-11(10-18-2)15-13(17)9-16(8-7-14)12-5-3-4-6-12/h11-12H,3-6,8-10H2,1-2H3,(H,15,17). The Balaban J connectivity index is 2.40. The van der Waals surface area contributed by atoms with E-state index in [4.69, 9.17) is 10.00 Å². The van der Waals surface area contributed by atoms with Crippen LogP contribution in [0.5, 0.6) is 0 Å². The van der Waals surface area contributed by atoms with E-state index < -0.39 is 0 Å². The second-order valence-electron chi connectivity index (χ2n) is 4.93. The van der Waals surface area contributed by atoms with Crippen LogP contribution in [0.15, 0.2) is 0 Å². The number of nitrogens with one attached hydrogen (secondary N) is 1. The van der Waals surface area contributed by atoms with Gasteiger partial charge in [0.25, 0.3) is 0 Å². The Morgan fingerprint density at radius 1 is 1.56 bits per heavy atom. The summed E-state index contributed by atoms with van der Waals surface area (Å²) in [6.45, 7) is 3.06. The van der Waals surface area contributed by atoms with Gasteiger partial charge < -0.3 is 10.1 Å².